The summed E-state index contributed by atoms with van der Waals surface area (Å²) in [5.41, 5.74) is 0. The fourth-order valence-electron chi connectivity index (χ4n) is 4.07. The van der Waals surface area contributed by atoms with Crippen LogP contribution < -0.4 is 14.2 Å². The molecule has 0 aliphatic carbocycles. The number of ether oxygens (including phenoxy) is 3. The molecule has 0 unspecified atom stereocenters. The molecule has 2 aliphatic heterocycles. The lowest BCUT2D eigenvalue weighted by Gasteiger charge is -2.34. The van der Waals surface area contributed by atoms with Gasteiger partial charge in [0.15, 0.2) is 11.5 Å². The normalized spacial score (nSPS) is 19.6. The van der Waals surface area contributed by atoms with Crippen LogP contribution in [0.3, 0.4) is 0 Å². The zero-order valence-corrected chi connectivity index (χ0v) is 17.3. The lowest BCUT2D eigenvalue weighted by Crippen LogP contribution is -2.45. The van der Waals surface area contributed by atoms with Crippen molar-refractivity contribution in [1.29, 1.82) is 0 Å². The van der Waals surface area contributed by atoms with Crippen molar-refractivity contribution < 1.29 is 19.0 Å². The molecule has 156 valence electrons. The predicted octanol–water partition coefficient (Wildman–Crippen LogP) is 3.34. The van der Waals surface area contributed by atoms with E-state index in [1.165, 1.54) is 19.3 Å². The topological polar surface area (TPSA) is 51.2 Å². The largest absolute Gasteiger partial charge is 0.493 e. The number of rotatable bonds is 6. The molecule has 0 spiro atoms. The van der Waals surface area contributed by atoms with Crippen molar-refractivity contribution in [3.8, 4) is 17.2 Å². The quantitative estimate of drug-likeness (QED) is 0.746. The molecule has 28 heavy (non-hydrogen) atoms. The number of likely N-dealkylation sites (tertiary alicyclic amines) is 2. The van der Waals surface area contributed by atoms with Crippen LogP contribution in [0, 0.1) is 0 Å². The van der Waals surface area contributed by atoms with Gasteiger partial charge in [0.05, 0.1) is 20.8 Å². The maximum Gasteiger partial charge on any atom is 0.236 e. The SMILES string of the molecule is COc1cccc(OC)c1OC1CCN(CC(=O)N2CCCCCCC2)CC1. The second-order valence-electron chi connectivity index (χ2n) is 7.73. The van der Waals surface area contributed by atoms with Gasteiger partial charge in [-0.1, -0.05) is 25.3 Å². The van der Waals surface area contributed by atoms with E-state index < -0.39 is 0 Å². The standard InChI is InChI=1S/C22H34N2O4/c1-26-19-9-8-10-20(27-2)22(19)28-18-11-15-23(16-12-18)17-21(25)24-13-6-4-3-5-7-14-24/h8-10,18H,3-7,11-17H2,1-2H3. The molecule has 6 heteroatoms. The molecule has 0 saturated carbocycles. The van der Waals surface area contributed by atoms with Gasteiger partial charge in [-0.15, -0.1) is 0 Å². The number of benzene rings is 1. The Hall–Kier alpha value is -1.95. The number of hydrogen-bond acceptors (Lipinski definition) is 5. The number of amides is 1. The van der Waals surface area contributed by atoms with Crippen molar-refractivity contribution in [3.63, 3.8) is 0 Å². The smallest absolute Gasteiger partial charge is 0.236 e. The molecule has 1 aromatic carbocycles. The zero-order valence-electron chi connectivity index (χ0n) is 17.3. The van der Waals surface area contributed by atoms with E-state index in [1.54, 1.807) is 14.2 Å². The van der Waals surface area contributed by atoms with E-state index in [0.717, 1.165) is 51.9 Å². The Kier molecular flexibility index (Phi) is 7.83. The molecular weight excluding hydrogens is 356 g/mol. The highest BCUT2D eigenvalue weighted by atomic mass is 16.5. The van der Waals surface area contributed by atoms with Gasteiger partial charge in [0.25, 0.3) is 0 Å². The summed E-state index contributed by atoms with van der Waals surface area (Å²) in [6.07, 6.45) is 8.00. The molecule has 0 N–H and O–H groups in total. The lowest BCUT2D eigenvalue weighted by molar-refractivity contribution is -0.133. The Bertz CT molecular complexity index is 599. The first-order valence-corrected chi connectivity index (χ1v) is 10.6. The Morgan fingerprint density at radius 3 is 2.07 bits per heavy atom. The van der Waals surface area contributed by atoms with E-state index in [4.69, 9.17) is 14.2 Å². The Morgan fingerprint density at radius 2 is 1.50 bits per heavy atom. The predicted molar refractivity (Wildman–Crippen MR) is 109 cm³/mol. The average molecular weight is 391 g/mol. The monoisotopic (exact) mass is 390 g/mol. The second kappa shape index (κ2) is 10.6. The summed E-state index contributed by atoms with van der Waals surface area (Å²) in [6, 6.07) is 5.66. The van der Waals surface area contributed by atoms with Crippen LogP contribution in [-0.2, 0) is 4.79 Å². The van der Waals surface area contributed by atoms with Crippen molar-refractivity contribution in [2.75, 3.05) is 46.9 Å². The Labute approximate surface area is 168 Å². The minimum Gasteiger partial charge on any atom is -0.493 e. The van der Waals surface area contributed by atoms with Crippen LogP contribution in [0.5, 0.6) is 17.2 Å². The van der Waals surface area contributed by atoms with Crippen LogP contribution in [0.25, 0.3) is 0 Å². The maximum atomic E-state index is 12.7. The van der Waals surface area contributed by atoms with Gasteiger partial charge in [-0.05, 0) is 37.8 Å². The highest BCUT2D eigenvalue weighted by Crippen LogP contribution is 2.38. The maximum absolute atomic E-state index is 12.7. The average Bonchev–Trinajstić information content (AvgIpc) is 2.69. The van der Waals surface area contributed by atoms with Gasteiger partial charge in [0.2, 0.25) is 11.7 Å². The van der Waals surface area contributed by atoms with E-state index in [-0.39, 0.29) is 12.0 Å². The molecule has 0 atom stereocenters. The first-order valence-electron chi connectivity index (χ1n) is 10.6. The molecule has 6 nitrogen and oxygen atoms in total. The van der Waals surface area contributed by atoms with Gasteiger partial charge < -0.3 is 19.1 Å². The van der Waals surface area contributed by atoms with Crippen molar-refractivity contribution in [2.24, 2.45) is 0 Å². The molecule has 3 rings (SSSR count). The van der Waals surface area contributed by atoms with Crippen LogP contribution in [0.15, 0.2) is 18.2 Å². The van der Waals surface area contributed by atoms with Crippen LogP contribution in [0.2, 0.25) is 0 Å². The van der Waals surface area contributed by atoms with E-state index in [0.29, 0.717) is 23.8 Å². The van der Waals surface area contributed by atoms with E-state index >= 15 is 0 Å². The zero-order chi connectivity index (χ0) is 19.8. The van der Waals surface area contributed by atoms with E-state index in [1.807, 2.05) is 18.2 Å². The molecule has 2 aliphatic rings. The number of piperidine rings is 1. The lowest BCUT2D eigenvalue weighted by atomic mass is 10.1. The molecule has 2 saturated heterocycles. The van der Waals surface area contributed by atoms with Crippen molar-refractivity contribution in [3.05, 3.63) is 18.2 Å². The highest BCUT2D eigenvalue weighted by molar-refractivity contribution is 5.78. The van der Waals surface area contributed by atoms with Crippen molar-refractivity contribution in [1.82, 2.24) is 9.80 Å². The summed E-state index contributed by atoms with van der Waals surface area (Å²) in [7, 11) is 3.28. The highest BCUT2D eigenvalue weighted by Gasteiger charge is 2.26. The molecule has 2 fully saturated rings. The van der Waals surface area contributed by atoms with Gasteiger partial charge in [-0.3, -0.25) is 9.69 Å². The van der Waals surface area contributed by atoms with Gasteiger partial charge in [0.1, 0.15) is 6.10 Å². The summed E-state index contributed by atoms with van der Waals surface area (Å²) in [4.78, 5) is 17.0. The fraction of sp³-hybridized carbons (Fsp3) is 0.682. The Morgan fingerprint density at radius 1 is 0.929 bits per heavy atom. The van der Waals surface area contributed by atoms with Crippen LogP contribution in [0.1, 0.15) is 44.9 Å². The fourth-order valence-corrected chi connectivity index (χ4v) is 4.07. The van der Waals surface area contributed by atoms with Crippen LogP contribution >= 0.6 is 0 Å². The third-order valence-electron chi connectivity index (χ3n) is 5.77. The first kappa shape index (κ1) is 20.8. The molecule has 1 aromatic rings. The number of hydrogen-bond donors (Lipinski definition) is 0. The van der Waals surface area contributed by atoms with Crippen molar-refractivity contribution >= 4 is 5.91 Å². The third kappa shape index (κ3) is 5.53. The molecule has 1 amide bonds. The third-order valence-corrected chi connectivity index (χ3v) is 5.77. The molecule has 0 radical (unpaired) electrons. The van der Waals surface area contributed by atoms with Crippen LogP contribution in [-0.4, -0.2) is 68.8 Å². The molecule has 2 heterocycles. The minimum atomic E-state index is 0.109. The molecular formula is C22H34N2O4. The first-order chi connectivity index (χ1) is 13.7. The van der Waals surface area contributed by atoms with Gasteiger partial charge in [-0.2, -0.15) is 0 Å². The Balaban J connectivity index is 1.49. The number of carbonyl (C=O) groups excluding carboxylic acids is 1. The summed E-state index contributed by atoms with van der Waals surface area (Å²) in [5.74, 6) is 2.33. The van der Waals surface area contributed by atoms with Gasteiger partial charge >= 0.3 is 0 Å². The number of methoxy groups -OCH3 is 2. The van der Waals surface area contributed by atoms with E-state index in [2.05, 4.69) is 9.80 Å². The molecule has 0 bridgehead atoms. The van der Waals surface area contributed by atoms with Gasteiger partial charge in [-0.25, -0.2) is 0 Å². The summed E-state index contributed by atoms with van der Waals surface area (Å²) in [5, 5.41) is 0. The van der Waals surface area contributed by atoms with E-state index in [9.17, 15) is 4.79 Å². The number of para-hydroxylation sites is 1. The van der Waals surface area contributed by atoms with Crippen LogP contribution in [0.4, 0.5) is 0 Å². The minimum absolute atomic E-state index is 0.109. The molecule has 0 aromatic heterocycles. The second-order valence-corrected chi connectivity index (χ2v) is 7.73. The summed E-state index contributed by atoms with van der Waals surface area (Å²) < 4.78 is 17.1. The summed E-state index contributed by atoms with van der Waals surface area (Å²) in [6.45, 7) is 4.13. The summed E-state index contributed by atoms with van der Waals surface area (Å²) >= 11 is 0. The van der Waals surface area contributed by atoms with Gasteiger partial charge in [0, 0.05) is 26.2 Å². The number of carbonyl (C=O) groups is 1. The van der Waals surface area contributed by atoms with Crippen molar-refractivity contribution in [2.45, 2.75) is 51.0 Å². The number of nitrogens with zero attached hydrogens (tertiary/aromatic N) is 2.